The molecule has 31 heavy (non-hydrogen) atoms. The van der Waals surface area contributed by atoms with Gasteiger partial charge in [0, 0.05) is 25.1 Å². The van der Waals surface area contributed by atoms with Gasteiger partial charge in [0.05, 0.1) is 5.69 Å². The second kappa shape index (κ2) is 8.32. The summed E-state index contributed by atoms with van der Waals surface area (Å²) in [5.41, 5.74) is 3.03. The van der Waals surface area contributed by atoms with Gasteiger partial charge in [-0.05, 0) is 42.7 Å². The molecule has 0 aliphatic carbocycles. The van der Waals surface area contributed by atoms with Crippen LogP contribution in [0.5, 0.6) is 5.88 Å². The van der Waals surface area contributed by atoms with Crippen LogP contribution in [0.15, 0.2) is 53.6 Å². The maximum Gasteiger partial charge on any atom is 0.264 e. The molecule has 0 unspecified atom stereocenters. The van der Waals surface area contributed by atoms with Crippen LogP contribution in [-0.2, 0) is 21.2 Å². The van der Waals surface area contributed by atoms with Crippen molar-refractivity contribution in [3.63, 3.8) is 0 Å². The molecule has 1 atom stereocenters. The minimum Gasteiger partial charge on any atom is -0.491 e. The number of nitrogens with zero attached hydrogens (tertiary/aromatic N) is 4. The zero-order chi connectivity index (χ0) is 22.8. The number of benzene rings is 1. The van der Waals surface area contributed by atoms with Gasteiger partial charge in [-0.3, -0.25) is 14.8 Å². The van der Waals surface area contributed by atoms with Crippen molar-refractivity contribution < 1.29 is 23.5 Å². The first-order chi connectivity index (χ1) is 14.5. The summed E-state index contributed by atoms with van der Waals surface area (Å²) in [7, 11) is -3.85. The highest BCUT2D eigenvalue weighted by molar-refractivity contribution is 7.92. The molecular weight excluding hydrogens is 426 g/mol. The van der Waals surface area contributed by atoms with Gasteiger partial charge in [0.25, 0.3) is 17.3 Å². The molecule has 12 heteroatoms. The zero-order valence-corrected chi connectivity index (χ0v) is 17.6. The van der Waals surface area contributed by atoms with E-state index in [1.807, 2.05) is 0 Å². The van der Waals surface area contributed by atoms with Crippen LogP contribution in [0.3, 0.4) is 0 Å². The number of carbonyl (C=O) groups is 1. The third kappa shape index (κ3) is 4.49. The predicted molar refractivity (Wildman–Crippen MR) is 111 cm³/mol. The van der Waals surface area contributed by atoms with Gasteiger partial charge < -0.3 is 9.67 Å². The van der Waals surface area contributed by atoms with E-state index in [0.717, 1.165) is 11.8 Å². The maximum absolute atomic E-state index is 12.5. The second-order valence-electron chi connectivity index (χ2n) is 7.18. The Morgan fingerprint density at radius 2 is 1.87 bits per heavy atom. The van der Waals surface area contributed by atoms with Gasteiger partial charge in [0.2, 0.25) is 0 Å². The summed E-state index contributed by atoms with van der Waals surface area (Å²) in [6.45, 7) is 1.16. The molecule has 0 saturated carbocycles. The maximum atomic E-state index is 12.5. The van der Waals surface area contributed by atoms with Crippen LogP contribution in [0, 0.1) is 0 Å². The Kier molecular flexibility index (Phi) is 5.95. The summed E-state index contributed by atoms with van der Waals surface area (Å²) in [5.74, 6) is -1.25. The van der Waals surface area contributed by atoms with Crippen LogP contribution < -0.4 is 11.0 Å². The fourth-order valence-electron chi connectivity index (χ4n) is 2.96. The number of sulfone groups is 1. The van der Waals surface area contributed by atoms with Gasteiger partial charge in [0.1, 0.15) is 6.20 Å². The lowest BCUT2D eigenvalue weighted by molar-refractivity contribution is -0.131. The van der Waals surface area contributed by atoms with E-state index in [1.54, 1.807) is 30.3 Å². The average Bonchev–Trinajstić information content (AvgIpc) is 3.17. The van der Waals surface area contributed by atoms with Crippen molar-refractivity contribution in [3.05, 3.63) is 59.1 Å². The highest BCUT2D eigenvalue weighted by Gasteiger charge is 2.43. The number of amides is 1. The van der Waals surface area contributed by atoms with Gasteiger partial charge in [-0.15, -0.1) is 9.90 Å². The van der Waals surface area contributed by atoms with Crippen molar-refractivity contribution in [3.8, 4) is 22.7 Å². The van der Waals surface area contributed by atoms with Crippen molar-refractivity contribution in [2.75, 3.05) is 6.26 Å². The summed E-state index contributed by atoms with van der Waals surface area (Å²) in [6.07, 6.45) is 3.43. The fraction of sp³-hybridized carbons (Fsp3) is 0.263. The molecule has 2 heterocycles. The third-order valence-corrected chi connectivity index (χ3v) is 7.16. The quantitative estimate of drug-likeness (QED) is 0.349. The minimum atomic E-state index is -3.85. The molecule has 3 N–H and O–H groups in total. The molecule has 0 fully saturated rings. The van der Waals surface area contributed by atoms with E-state index < -0.39 is 20.5 Å². The Morgan fingerprint density at radius 3 is 2.39 bits per heavy atom. The van der Waals surface area contributed by atoms with Gasteiger partial charge >= 0.3 is 0 Å². The Balaban J connectivity index is 1.80. The van der Waals surface area contributed by atoms with Crippen LogP contribution >= 0.6 is 0 Å². The number of aryl methyl sites for hydroxylation is 1. The summed E-state index contributed by atoms with van der Waals surface area (Å²) in [6, 6.07) is 10.1. The van der Waals surface area contributed by atoms with Gasteiger partial charge in [0.15, 0.2) is 14.6 Å². The monoisotopic (exact) mass is 447 g/mol. The standard InChI is InChI=1S/C19H21N5O6S/c1-19(18(27)22-28,31(2,29)30)8-10-23-9-7-14(11-17(23)26)13-3-5-15(6-4-13)24-20-12-16(25)21-24/h3-7,9,11-12,28H,8,10H2,1-2H3,(H,21,25)(H,22,27)/t19-/m1/s1. The number of pyridine rings is 1. The predicted octanol–water partition coefficient (Wildman–Crippen LogP) is 0.500. The lowest BCUT2D eigenvalue weighted by atomic mass is 10.1. The molecule has 2 aromatic heterocycles. The molecule has 3 aromatic rings. The molecule has 0 aliphatic heterocycles. The number of carbonyl (C=O) groups excluding carboxylic acids is 1. The molecule has 11 nitrogen and oxygen atoms in total. The number of hydrogen-bond donors (Lipinski definition) is 3. The van der Waals surface area contributed by atoms with Crippen molar-refractivity contribution in [1.82, 2.24) is 25.0 Å². The van der Waals surface area contributed by atoms with Crippen molar-refractivity contribution >= 4 is 15.7 Å². The summed E-state index contributed by atoms with van der Waals surface area (Å²) in [5, 5.41) is 25.9. The van der Waals surface area contributed by atoms with Gasteiger partial charge in [-0.2, -0.15) is 5.10 Å². The second-order valence-corrected chi connectivity index (χ2v) is 9.63. The van der Waals surface area contributed by atoms with Gasteiger partial charge in [-0.25, -0.2) is 13.9 Å². The molecule has 164 valence electrons. The Morgan fingerprint density at radius 1 is 1.19 bits per heavy atom. The molecular formula is C19H21N5O6S. The molecule has 1 amide bonds. The third-order valence-electron chi connectivity index (χ3n) is 5.14. The lowest BCUT2D eigenvalue weighted by Crippen LogP contribution is -2.49. The fourth-order valence-corrected chi connectivity index (χ4v) is 3.80. The van der Waals surface area contributed by atoms with E-state index in [2.05, 4.69) is 10.2 Å². The highest BCUT2D eigenvalue weighted by atomic mass is 32.2. The van der Waals surface area contributed by atoms with E-state index in [1.165, 1.54) is 40.2 Å². The van der Waals surface area contributed by atoms with E-state index in [0.29, 0.717) is 11.3 Å². The molecule has 1 aromatic carbocycles. The Bertz CT molecular complexity index is 1270. The number of hydroxylamine groups is 1. The van der Waals surface area contributed by atoms with Crippen LogP contribution in [0.2, 0.25) is 0 Å². The minimum absolute atomic E-state index is 0.0382. The number of rotatable bonds is 7. The topological polar surface area (TPSA) is 156 Å². The van der Waals surface area contributed by atoms with Crippen LogP contribution in [0.1, 0.15) is 13.3 Å². The van der Waals surface area contributed by atoms with Crippen LogP contribution in [0.4, 0.5) is 0 Å². The lowest BCUT2D eigenvalue weighted by Gasteiger charge is -2.25. The zero-order valence-electron chi connectivity index (χ0n) is 16.8. The number of hydrogen-bond acceptors (Lipinski definition) is 8. The first-order valence-corrected chi connectivity index (χ1v) is 11.0. The molecule has 3 rings (SSSR count). The smallest absolute Gasteiger partial charge is 0.264 e. The molecule has 0 aliphatic rings. The van der Waals surface area contributed by atoms with Crippen LogP contribution in [0.25, 0.3) is 16.8 Å². The number of nitrogens with one attached hydrogen (secondary N) is 1. The Hall–Kier alpha value is -3.51. The molecule has 0 spiro atoms. The van der Waals surface area contributed by atoms with E-state index in [9.17, 15) is 23.1 Å². The number of aromatic hydroxyl groups is 1. The van der Waals surface area contributed by atoms with Crippen molar-refractivity contribution in [2.24, 2.45) is 0 Å². The largest absolute Gasteiger partial charge is 0.491 e. The van der Waals surface area contributed by atoms with Crippen molar-refractivity contribution in [2.45, 2.75) is 24.6 Å². The molecule has 0 radical (unpaired) electrons. The summed E-state index contributed by atoms with van der Waals surface area (Å²) < 4.78 is 23.5. The first kappa shape index (κ1) is 22.2. The first-order valence-electron chi connectivity index (χ1n) is 9.12. The summed E-state index contributed by atoms with van der Waals surface area (Å²) in [4.78, 5) is 25.7. The molecule has 0 bridgehead atoms. The van der Waals surface area contributed by atoms with E-state index >= 15 is 0 Å². The van der Waals surface area contributed by atoms with E-state index in [4.69, 9.17) is 5.21 Å². The SMILES string of the molecule is C[C@@](CCn1ccc(-c2ccc(-n3ncc(O)n3)cc2)cc1=O)(C(=O)NO)S(C)(=O)=O. The average molecular weight is 447 g/mol. The summed E-state index contributed by atoms with van der Waals surface area (Å²) >= 11 is 0. The van der Waals surface area contributed by atoms with E-state index in [-0.39, 0.29) is 24.4 Å². The number of aromatic nitrogens is 4. The van der Waals surface area contributed by atoms with Crippen molar-refractivity contribution in [1.29, 1.82) is 0 Å². The molecule has 0 saturated heterocycles. The highest BCUT2D eigenvalue weighted by Crippen LogP contribution is 2.23. The van der Waals surface area contributed by atoms with Crippen LogP contribution in [-0.4, -0.2) is 55.2 Å². The van der Waals surface area contributed by atoms with Gasteiger partial charge in [-0.1, -0.05) is 12.1 Å². The Labute approximate surface area is 177 Å². The normalized spacial score (nSPS) is 13.5.